The van der Waals surface area contributed by atoms with Crippen LogP contribution in [-0.4, -0.2) is 68.0 Å². The number of fused-ring (bicyclic) bond motifs is 1. The smallest absolute Gasteiger partial charge is 0.303 e. The number of aliphatic carboxylic acids is 1. The molecule has 1 heterocycles. The van der Waals surface area contributed by atoms with Gasteiger partial charge in [0.2, 0.25) is 5.91 Å². The number of hydrogen-bond acceptors (Lipinski definition) is 7. The SMILES string of the molecule is COc1cccc([C@H]2O[C@H](CC(=O)NCCCCC(=O)O)C(=O)N(CC(C)(C)CO)c3ccc(Cl)cc32)c1OC.[Ac]. The fraction of sp³-hybridized carbons (Fsp3) is 0.483. The number of methoxy groups -OCH3 is 2. The standard InChI is InChI=1S/C29H37ClN2O8.Ac/c1-29(2,17-33)16-32-21-12-11-18(30)14-20(21)26(19-8-7-9-22(38-3)27(19)39-4)40-23(28(32)37)15-24(34)31-13-6-5-10-25(35)36;/h7-9,11-12,14,23,26,33H,5-6,10,13,15-17H2,1-4H3,(H,31,34)(H,35,36);/t23-,26-;/m1./s1. The van der Waals surface area contributed by atoms with E-state index in [1.54, 1.807) is 41.3 Å². The molecule has 2 aromatic rings. The molecule has 1 radical (unpaired) electrons. The van der Waals surface area contributed by atoms with Gasteiger partial charge in [0.25, 0.3) is 5.91 Å². The summed E-state index contributed by atoms with van der Waals surface area (Å²) in [7, 11) is 3.03. The first kappa shape index (κ1) is 35.3. The summed E-state index contributed by atoms with van der Waals surface area (Å²) in [6.45, 7) is 3.94. The second-order valence-corrected chi connectivity index (χ2v) is 10.9. The molecule has 0 spiro atoms. The van der Waals surface area contributed by atoms with Crippen LogP contribution >= 0.6 is 11.6 Å². The van der Waals surface area contributed by atoms with Crippen LogP contribution in [0.5, 0.6) is 11.5 Å². The summed E-state index contributed by atoms with van der Waals surface area (Å²) in [5.74, 6) is -0.852. The average Bonchev–Trinajstić information content (AvgIpc) is 3.02. The molecule has 1 aliphatic rings. The Morgan fingerprint density at radius 2 is 1.85 bits per heavy atom. The molecule has 2 amide bonds. The van der Waals surface area contributed by atoms with Gasteiger partial charge in [-0.3, -0.25) is 14.4 Å². The van der Waals surface area contributed by atoms with Crippen molar-refractivity contribution in [3.05, 3.63) is 52.5 Å². The molecular weight excluding hydrogens is 767 g/mol. The van der Waals surface area contributed by atoms with Gasteiger partial charge in [0.1, 0.15) is 12.2 Å². The zero-order chi connectivity index (χ0) is 29.4. The normalized spacial score (nSPS) is 16.7. The van der Waals surface area contributed by atoms with E-state index in [4.69, 9.17) is 30.9 Å². The van der Waals surface area contributed by atoms with Gasteiger partial charge < -0.3 is 34.6 Å². The molecule has 41 heavy (non-hydrogen) atoms. The first-order chi connectivity index (χ1) is 19.0. The zero-order valence-electron chi connectivity index (χ0n) is 23.8. The molecule has 3 rings (SSSR count). The van der Waals surface area contributed by atoms with Gasteiger partial charge >= 0.3 is 5.97 Å². The van der Waals surface area contributed by atoms with Crippen LogP contribution in [-0.2, 0) is 19.1 Å². The summed E-state index contributed by atoms with van der Waals surface area (Å²) in [6, 6.07) is 10.5. The molecule has 10 nitrogen and oxygen atoms in total. The van der Waals surface area contributed by atoms with Crippen molar-refractivity contribution in [1.82, 2.24) is 5.32 Å². The molecule has 221 valence electrons. The van der Waals surface area contributed by atoms with Gasteiger partial charge in [0.05, 0.1) is 20.6 Å². The van der Waals surface area contributed by atoms with E-state index in [1.807, 2.05) is 13.8 Å². The quantitative estimate of drug-likeness (QED) is 0.260. The van der Waals surface area contributed by atoms with E-state index in [0.29, 0.717) is 46.2 Å². The minimum Gasteiger partial charge on any atom is -0.493 e. The minimum atomic E-state index is -1.18. The average molecular weight is 804 g/mol. The van der Waals surface area contributed by atoms with Crippen LogP contribution in [0.3, 0.4) is 0 Å². The number of anilines is 1. The van der Waals surface area contributed by atoms with E-state index in [2.05, 4.69) is 5.32 Å². The maximum absolute atomic E-state index is 14.0. The third-order valence-corrected chi connectivity index (χ3v) is 6.88. The Hall–Kier alpha value is -1.90. The van der Waals surface area contributed by atoms with Crippen LogP contribution in [0.2, 0.25) is 5.02 Å². The Morgan fingerprint density at radius 1 is 1.12 bits per heavy atom. The van der Waals surface area contributed by atoms with Gasteiger partial charge in [0, 0.05) is 97.4 Å². The number of para-hydroxylation sites is 1. The number of rotatable bonds is 13. The van der Waals surface area contributed by atoms with Gasteiger partial charge in [-0.25, -0.2) is 0 Å². The summed E-state index contributed by atoms with van der Waals surface area (Å²) in [5, 5.41) is 22.0. The number of hydrogen-bond donors (Lipinski definition) is 3. The van der Waals surface area contributed by atoms with Crippen LogP contribution in [0.1, 0.15) is 56.8 Å². The third-order valence-electron chi connectivity index (χ3n) is 6.65. The first-order valence-electron chi connectivity index (χ1n) is 13.1. The molecule has 0 aromatic heterocycles. The summed E-state index contributed by atoms with van der Waals surface area (Å²) in [6.07, 6.45) is -1.37. The number of benzene rings is 2. The summed E-state index contributed by atoms with van der Waals surface area (Å²) in [4.78, 5) is 39.2. The van der Waals surface area contributed by atoms with Crippen molar-refractivity contribution >= 4 is 35.1 Å². The fourth-order valence-electron chi connectivity index (χ4n) is 4.57. The molecule has 0 aliphatic carbocycles. The van der Waals surface area contributed by atoms with Crippen LogP contribution in [0.25, 0.3) is 0 Å². The molecular formula is C29H37AcClN2O8. The van der Waals surface area contributed by atoms with Gasteiger partial charge in [-0.05, 0) is 37.1 Å². The van der Waals surface area contributed by atoms with E-state index in [-0.39, 0.29) is 76.6 Å². The maximum atomic E-state index is 14.0. The largest absolute Gasteiger partial charge is 0.493 e. The first-order valence-corrected chi connectivity index (χ1v) is 13.5. The van der Waals surface area contributed by atoms with Gasteiger partial charge in [-0.2, -0.15) is 0 Å². The van der Waals surface area contributed by atoms with Crippen molar-refractivity contribution in [2.75, 3.05) is 38.8 Å². The number of ether oxygens (including phenoxy) is 3. The zero-order valence-corrected chi connectivity index (χ0v) is 29.3. The predicted molar refractivity (Wildman–Crippen MR) is 150 cm³/mol. The number of nitrogens with one attached hydrogen (secondary N) is 1. The van der Waals surface area contributed by atoms with Gasteiger partial charge in [-0.1, -0.05) is 37.6 Å². The van der Waals surface area contributed by atoms with Gasteiger partial charge in [-0.15, -0.1) is 0 Å². The van der Waals surface area contributed by atoms with E-state index in [9.17, 15) is 19.5 Å². The molecule has 12 heteroatoms. The Kier molecular flexibility index (Phi) is 13.8. The number of carbonyl (C=O) groups is 3. The van der Waals surface area contributed by atoms with Crippen LogP contribution in [0.15, 0.2) is 36.4 Å². The molecule has 2 atom stereocenters. The Morgan fingerprint density at radius 3 is 2.49 bits per heavy atom. The minimum absolute atomic E-state index is 0. The summed E-state index contributed by atoms with van der Waals surface area (Å²) < 4.78 is 17.6. The Labute approximate surface area is 281 Å². The van der Waals surface area contributed by atoms with Crippen molar-refractivity contribution < 1.29 is 82.9 Å². The number of halogens is 1. The Balaban J connectivity index is 0.00000588. The molecule has 0 bridgehead atoms. The van der Waals surface area contributed by atoms with Crippen LogP contribution < -0.4 is 19.7 Å². The topological polar surface area (TPSA) is 135 Å². The van der Waals surface area contributed by atoms with Crippen LogP contribution in [0.4, 0.5) is 5.69 Å². The van der Waals surface area contributed by atoms with Crippen LogP contribution in [0, 0.1) is 49.5 Å². The van der Waals surface area contributed by atoms with E-state index >= 15 is 0 Å². The molecule has 0 fully saturated rings. The maximum Gasteiger partial charge on any atom is 0.303 e. The molecule has 0 saturated carbocycles. The monoisotopic (exact) mass is 803 g/mol. The number of aliphatic hydroxyl groups is 1. The number of carboxylic acids is 1. The Bertz CT molecular complexity index is 1230. The number of nitrogens with zero attached hydrogens (tertiary/aromatic N) is 1. The fourth-order valence-corrected chi connectivity index (χ4v) is 4.76. The van der Waals surface area contributed by atoms with Crippen molar-refractivity contribution in [2.45, 2.75) is 51.7 Å². The summed E-state index contributed by atoms with van der Waals surface area (Å²) >= 11 is 6.43. The number of carbonyl (C=O) groups excluding carboxylic acids is 2. The van der Waals surface area contributed by atoms with E-state index < -0.39 is 35.4 Å². The van der Waals surface area contributed by atoms with Crippen molar-refractivity contribution in [2.24, 2.45) is 5.41 Å². The number of carboxylic acid groups (broad SMARTS) is 1. The summed E-state index contributed by atoms with van der Waals surface area (Å²) in [5.41, 5.74) is 1.07. The molecule has 2 aromatic carbocycles. The molecule has 0 unspecified atom stereocenters. The second-order valence-electron chi connectivity index (χ2n) is 10.4. The number of aliphatic hydroxyl groups excluding tert-OH is 1. The number of unbranched alkanes of at least 4 members (excludes halogenated alkanes) is 1. The van der Waals surface area contributed by atoms with Crippen molar-refractivity contribution in [3.8, 4) is 11.5 Å². The van der Waals surface area contributed by atoms with Crippen molar-refractivity contribution in [1.29, 1.82) is 0 Å². The van der Waals surface area contributed by atoms with E-state index in [1.165, 1.54) is 14.2 Å². The molecule has 1 aliphatic heterocycles. The van der Waals surface area contributed by atoms with Crippen molar-refractivity contribution in [3.63, 3.8) is 0 Å². The second kappa shape index (κ2) is 16.1. The predicted octanol–water partition coefficient (Wildman–Crippen LogP) is 3.96. The molecule has 3 N–H and O–H groups in total. The third kappa shape index (κ3) is 9.29. The molecule has 0 saturated heterocycles. The van der Waals surface area contributed by atoms with Gasteiger partial charge in [0.15, 0.2) is 11.5 Å². The number of amides is 2. The van der Waals surface area contributed by atoms with E-state index in [0.717, 1.165) is 0 Å².